The van der Waals surface area contributed by atoms with Gasteiger partial charge in [0.25, 0.3) is 0 Å². The van der Waals surface area contributed by atoms with Gasteiger partial charge in [0.1, 0.15) is 0 Å². The van der Waals surface area contributed by atoms with Gasteiger partial charge in [-0.1, -0.05) is 58.3 Å². The molecule has 0 atom stereocenters. The zero-order chi connectivity index (χ0) is 15.8. The molecule has 0 spiro atoms. The molecule has 0 radical (unpaired) electrons. The van der Waals surface area contributed by atoms with E-state index in [9.17, 15) is 9.59 Å². The number of hydrogen-bond acceptors (Lipinski definition) is 2. The number of unbranched alkanes of at least 4 members (excludes halogenated alkanes) is 9. The summed E-state index contributed by atoms with van der Waals surface area (Å²) in [5.74, 6) is -0.651. The molecule has 124 valence electrons. The van der Waals surface area contributed by atoms with Crippen molar-refractivity contribution in [1.29, 1.82) is 0 Å². The molecule has 0 aromatic carbocycles. The van der Waals surface area contributed by atoms with Gasteiger partial charge in [-0.25, -0.2) is 0 Å². The number of carbonyl (C=O) groups excluding carboxylic acids is 1. The lowest BCUT2D eigenvalue weighted by Crippen LogP contribution is -2.23. The van der Waals surface area contributed by atoms with Crippen molar-refractivity contribution >= 4 is 11.9 Å². The van der Waals surface area contributed by atoms with E-state index in [2.05, 4.69) is 12.2 Å². The summed E-state index contributed by atoms with van der Waals surface area (Å²) >= 11 is 0. The number of carbonyl (C=O) groups is 2. The van der Waals surface area contributed by atoms with Crippen LogP contribution in [0.4, 0.5) is 0 Å². The largest absolute Gasteiger partial charge is 0.481 e. The second-order valence-electron chi connectivity index (χ2n) is 5.78. The van der Waals surface area contributed by atoms with Crippen molar-refractivity contribution in [3.63, 3.8) is 0 Å². The third-order valence-corrected chi connectivity index (χ3v) is 3.65. The minimum Gasteiger partial charge on any atom is -0.481 e. The van der Waals surface area contributed by atoms with Crippen LogP contribution in [-0.4, -0.2) is 23.5 Å². The van der Waals surface area contributed by atoms with E-state index in [1.807, 2.05) is 0 Å². The van der Waals surface area contributed by atoms with Gasteiger partial charge in [0.05, 0.1) is 0 Å². The van der Waals surface area contributed by atoms with Crippen LogP contribution in [0.1, 0.15) is 90.4 Å². The Morgan fingerprint density at radius 2 is 1.29 bits per heavy atom. The zero-order valence-electron chi connectivity index (χ0n) is 13.7. The Morgan fingerprint density at radius 1 is 0.762 bits per heavy atom. The number of rotatable bonds is 15. The van der Waals surface area contributed by atoms with Crippen molar-refractivity contribution in [2.45, 2.75) is 90.4 Å². The molecular formula is C17H33NO3. The van der Waals surface area contributed by atoms with Crippen LogP contribution in [0.5, 0.6) is 0 Å². The van der Waals surface area contributed by atoms with Crippen molar-refractivity contribution < 1.29 is 14.7 Å². The Morgan fingerprint density at radius 3 is 1.90 bits per heavy atom. The molecule has 0 saturated carbocycles. The maximum atomic E-state index is 11.5. The summed E-state index contributed by atoms with van der Waals surface area (Å²) in [7, 11) is 0. The molecule has 21 heavy (non-hydrogen) atoms. The predicted octanol–water partition coefficient (Wildman–Crippen LogP) is 4.28. The van der Waals surface area contributed by atoms with Gasteiger partial charge in [-0.05, 0) is 19.3 Å². The minimum absolute atomic E-state index is 0.105. The lowest BCUT2D eigenvalue weighted by Gasteiger charge is -2.05. The van der Waals surface area contributed by atoms with Crippen LogP contribution in [-0.2, 0) is 9.59 Å². The fourth-order valence-corrected chi connectivity index (χ4v) is 2.31. The van der Waals surface area contributed by atoms with E-state index in [-0.39, 0.29) is 12.3 Å². The maximum Gasteiger partial charge on any atom is 0.303 e. The van der Waals surface area contributed by atoms with Crippen molar-refractivity contribution in [3.8, 4) is 0 Å². The topological polar surface area (TPSA) is 66.4 Å². The first kappa shape index (κ1) is 19.9. The van der Waals surface area contributed by atoms with E-state index < -0.39 is 5.97 Å². The minimum atomic E-state index is -0.755. The molecule has 0 aliphatic carbocycles. The molecule has 0 aromatic heterocycles. The lowest BCUT2D eigenvalue weighted by molar-refractivity contribution is -0.137. The number of nitrogens with one attached hydrogen (secondary N) is 1. The molecule has 0 heterocycles. The summed E-state index contributed by atoms with van der Waals surface area (Å²) in [4.78, 5) is 21.8. The fraction of sp³-hybridized carbons (Fsp3) is 0.882. The van der Waals surface area contributed by atoms with Crippen LogP contribution >= 0.6 is 0 Å². The highest BCUT2D eigenvalue weighted by molar-refractivity contribution is 5.75. The second-order valence-corrected chi connectivity index (χ2v) is 5.78. The summed E-state index contributed by atoms with van der Waals surface area (Å²) in [6.45, 7) is 3.01. The van der Waals surface area contributed by atoms with E-state index in [0.29, 0.717) is 12.8 Å². The smallest absolute Gasteiger partial charge is 0.303 e. The fourth-order valence-electron chi connectivity index (χ4n) is 2.31. The van der Waals surface area contributed by atoms with Crippen molar-refractivity contribution in [3.05, 3.63) is 0 Å². The predicted molar refractivity (Wildman–Crippen MR) is 86.3 cm³/mol. The zero-order valence-corrected chi connectivity index (χ0v) is 13.7. The van der Waals surface area contributed by atoms with Gasteiger partial charge >= 0.3 is 5.97 Å². The molecule has 0 aliphatic rings. The molecule has 2 N–H and O–H groups in total. The number of carboxylic acids is 1. The third kappa shape index (κ3) is 16.9. The van der Waals surface area contributed by atoms with E-state index in [0.717, 1.165) is 25.8 Å². The van der Waals surface area contributed by atoms with Crippen molar-refractivity contribution in [1.82, 2.24) is 5.32 Å². The molecule has 1 amide bonds. The number of carboxylic acid groups (broad SMARTS) is 1. The summed E-state index contributed by atoms with van der Waals surface area (Å²) in [5, 5.41) is 11.4. The summed E-state index contributed by atoms with van der Waals surface area (Å²) in [6, 6.07) is 0. The van der Waals surface area contributed by atoms with Gasteiger partial charge in [-0.2, -0.15) is 0 Å². The highest BCUT2D eigenvalue weighted by Gasteiger charge is 2.01. The Hall–Kier alpha value is -1.06. The van der Waals surface area contributed by atoms with Gasteiger partial charge in [-0.3, -0.25) is 9.59 Å². The van der Waals surface area contributed by atoms with Gasteiger partial charge in [0.2, 0.25) is 5.91 Å². The van der Waals surface area contributed by atoms with Crippen molar-refractivity contribution in [2.24, 2.45) is 0 Å². The van der Waals surface area contributed by atoms with Crippen LogP contribution in [0.15, 0.2) is 0 Å². The van der Waals surface area contributed by atoms with E-state index in [4.69, 9.17) is 5.11 Å². The third-order valence-electron chi connectivity index (χ3n) is 3.65. The molecule has 4 nitrogen and oxygen atoms in total. The number of amides is 1. The van der Waals surface area contributed by atoms with E-state index in [1.165, 1.54) is 44.9 Å². The highest BCUT2D eigenvalue weighted by atomic mass is 16.4. The number of hydrogen-bond donors (Lipinski definition) is 2. The van der Waals surface area contributed by atoms with Crippen LogP contribution in [0.3, 0.4) is 0 Å². The number of aliphatic carboxylic acids is 1. The van der Waals surface area contributed by atoms with Crippen LogP contribution in [0.2, 0.25) is 0 Å². The van der Waals surface area contributed by atoms with Crippen LogP contribution < -0.4 is 5.32 Å². The Bertz CT molecular complexity index is 267. The Kier molecular flexibility index (Phi) is 14.6. The molecule has 0 saturated heterocycles. The average Bonchev–Trinajstić information content (AvgIpc) is 2.45. The molecule has 0 aromatic rings. The van der Waals surface area contributed by atoms with Crippen molar-refractivity contribution in [2.75, 3.05) is 6.54 Å². The molecule has 0 fully saturated rings. The molecule has 0 unspecified atom stereocenters. The van der Waals surface area contributed by atoms with Crippen LogP contribution in [0.25, 0.3) is 0 Å². The highest BCUT2D eigenvalue weighted by Crippen LogP contribution is 2.08. The monoisotopic (exact) mass is 299 g/mol. The summed E-state index contributed by atoms with van der Waals surface area (Å²) < 4.78 is 0. The SMILES string of the molecule is CCCCCCCCCCNC(=O)CCCCCC(=O)O. The first-order chi connectivity index (χ1) is 10.2. The molecule has 0 rings (SSSR count). The molecule has 0 bridgehead atoms. The summed E-state index contributed by atoms with van der Waals surface area (Å²) in [5.41, 5.74) is 0. The first-order valence-corrected chi connectivity index (χ1v) is 8.65. The molecule has 4 heteroatoms. The second kappa shape index (κ2) is 15.3. The van der Waals surface area contributed by atoms with Gasteiger partial charge in [0, 0.05) is 19.4 Å². The summed E-state index contributed by atoms with van der Waals surface area (Å²) in [6.07, 6.45) is 13.2. The molecular weight excluding hydrogens is 266 g/mol. The van der Waals surface area contributed by atoms with Gasteiger partial charge in [-0.15, -0.1) is 0 Å². The normalized spacial score (nSPS) is 10.5. The van der Waals surface area contributed by atoms with Crippen LogP contribution in [0, 0.1) is 0 Å². The molecule has 0 aliphatic heterocycles. The average molecular weight is 299 g/mol. The maximum absolute atomic E-state index is 11.5. The standard InChI is InChI=1S/C17H33NO3/c1-2-3-4-5-6-7-8-12-15-18-16(19)13-10-9-11-14-17(20)21/h2-15H2,1H3,(H,18,19)(H,20,21). The Balaban J connectivity index is 3.17. The first-order valence-electron chi connectivity index (χ1n) is 8.65. The van der Waals surface area contributed by atoms with Gasteiger partial charge < -0.3 is 10.4 Å². The lowest BCUT2D eigenvalue weighted by atomic mass is 10.1. The van der Waals surface area contributed by atoms with Gasteiger partial charge in [0.15, 0.2) is 0 Å². The quantitative estimate of drug-likeness (QED) is 0.444. The Labute approximate surface area is 129 Å². The van der Waals surface area contributed by atoms with E-state index >= 15 is 0 Å². The van der Waals surface area contributed by atoms with E-state index in [1.54, 1.807) is 0 Å².